The van der Waals surface area contributed by atoms with Gasteiger partial charge in [0.05, 0.1) is 5.56 Å². The molecule has 8 nitrogen and oxygen atoms in total. The van der Waals surface area contributed by atoms with Crippen molar-refractivity contribution in [3.63, 3.8) is 0 Å². The molecule has 1 aromatic rings. The van der Waals surface area contributed by atoms with Gasteiger partial charge in [0.25, 0.3) is 5.91 Å². The van der Waals surface area contributed by atoms with Crippen LogP contribution in [-0.2, 0) is 0 Å². The second-order valence-corrected chi connectivity index (χ2v) is 7.56. The van der Waals surface area contributed by atoms with Gasteiger partial charge in [-0.1, -0.05) is 20.8 Å². The zero-order valence-electron chi connectivity index (χ0n) is 14.7. The largest absolute Gasteiger partial charge is 0.368 e. The molecule has 0 saturated heterocycles. The van der Waals surface area contributed by atoms with E-state index in [1.54, 1.807) is 0 Å². The lowest BCUT2D eigenvalue weighted by atomic mass is 9.87. The predicted octanol–water partition coefficient (Wildman–Crippen LogP) is 0.510. The van der Waals surface area contributed by atoms with E-state index in [9.17, 15) is 4.79 Å². The number of carbonyl (C=O) groups excluding carboxylic acids is 1. The average Bonchev–Trinajstić information content (AvgIpc) is 3.33. The molecule has 0 spiro atoms. The highest BCUT2D eigenvalue weighted by Crippen LogP contribution is 2.31. The van der Waals surface area contributed by atoms with E-state index in [2.05, 4.69) is 41.4 Å². The van der Waals surface area contributed by atoms with Gasteiger partial charge in [0.1, 0.15) is 5.82 Å². The molecule has 1 amide bonds. The number of carbonyl (C=O) groups is 1. The van der Waals surface area contributed by atoms with E-state index in [4.69, 9.17) is 17.2 Å². The van der Waals surface area contributed by atoms with E-state index < -0.39 is 5.91 Å². The molecular formula is C16H29N7O. The summed E-state index contributed by atoms with van der Waals surface area (Å²) in [5, 5.41) is 6.24. The first-order chi connectivity index (χ1) is 11.2. The number of rotatable bonds is 8. The van der Waals surface area contributed by atoms with Gasteiger partial charge in [0.2, 0.25) is 5.95 Å². The minimum Gasteiger partial charge on any atom is -0.368 e. The summed E-state index contributed by atoms with van der Waals surface area (Å²) >= 11 is 0. The van der Waals surface area contributed by atoms with Gasteiger partial charge in [-0.05, 0) is 24.2 Å². The Morgan fingerprint density at radius 1 is 1.29 bits per heavy atom. The molecule has 0 radical (unpaired) electrons. The van der Waals surface area contributed by atoms with E-state index in [1.807, 2.05) is 0 Å². The van der Waals surface area contributed by atoms with E-state index in [-0.39, 0.29) is 23.1 Å². The SMILES string of the molecule is CC(C)(C)[C@H](N)CNc1nc(NCC(N)C2CC2)ncc1C(N)=O. The van der Waals surface area contributed by atoms with Crippen molar-refractivity contribution in [1.82, 2.24) is 9.97 Å². The van der Waals surface area contributed by atoms with Crippen molar-refractivity contribution in [2.24, 2.45) is 28.5 Å². The van der Waals surface area contributed by atoms with Crippen molar-refractivity contribution in [2.75, 3.05) is 23.7 Å². The molecule has 2 rings (SSSR count). The predicted molar refractivity (Wildman–Crippen MR) is 95.7 cm³/mol. The maximum absolute atomic E-state index is 11.6. The Hall–Kier alpha value is -1.93. The number of nitrogens with two attached hydrogens (primary N) is 3. The molecule has 1 heterocycles. The summed E-state index contributed by atoms with van der Waals surface area (Å²) in [5.41, 5.74) is 17.8. The highest BCUT2D eigenvalue weighted by Gasteiger charge is 2.28. The summed E-state index contributed by atoms with van der Waals surface area (Å²) in [6.45, 7) is 7.24. The summed E-state index contributed by atoms with van der Waals surface area (Å²) < 4.78 is 0. The molecular weight excluding hydrogens is 306 g/mol. The second-order valence-electron chi connectivity index (χ2n) is 7.56. The molecule has 1 unspecified atom stereocenters. The Morgan fingerprint density at radius 2 is 1.96 bits per heavy atom. The van der Waals surface area contributed by atoms with Gasteiger partial charge in [-0.3, -0.25) is 4.79 Å². The van der Waals surface area contributed by atoms with Crippen molar-refractivity contribution in [1.29, 1.82) is 0 Å². The number of nitrogens with one attached hydrogen (secondary N) is 2. The molecule has 2 atom stereocenters. The standard InChI is InChI=1S/C16H29N7O/c1-16(2,3)12(18)8-20-14-10(13(19)24)6-21-15(23-14)22-7-11(17)9-4-5-9/h6,9,11-12H,4-5,7-8,17-18H2,1-3H3,(H2,19,24)(H2,20,21,22,23)/t11?,12-/m1/s1. The van der Waals surface area contributed by atoms with Gasteiger partial charge < -0.3 is 27.8 Å². The molecule has 8 N–H and O–H groups in total. The van der Waals surface area contributed by atoms with Crippen LogP contribution in [0.4, 0.5) is 11.8 Å². The molecule has 0 bridgehead atoms. The Morgan fingerprint density at radius 3 is 2.50 bits per heavy atom. The minimum absolute atomic E-state index is 0.0645. The molecule has 0 aliphatic heterocycles. The first kappa shape index (κ1) is 18.4. The molecule has 8 heteroatoms. The van der Waals surface area contributed by atoms with E-state index in [0.717, 1.165) is 0 Å². The van der Waals surface area contributed by atoms with Crippen molar-refractivity contribution in [2.45, 2.75) is 45.7 Å². The first-order valence-corrected chi connectivity index (χ1v) is 8.34. The first-order valence-electron chi connectivity index (χ1n) is 8.34. The van der Waals surface area contributed by atoms with Crippen LogP contribution in [-0.4, -0.2) is 41.0 Å². The fourth-order valence-electron chi connectivity index (χ4n) is 2.20. The van der Waals surface area contributed by atoms with Gasteiger partial charge in [-0.15, -0.1) is 0 Å². The van der Waals surface area contributed by atoms with Crippen LogP contribution in [0, 0.1) is 11.3 Å². The molecule has 1 aliphatic rings. The van der Waals surface area contributed by atoms with Crippen LogP contribution in [0.1, 0.15) is 44.0 Å². The molecule has 1 saturated carbocycles. The van der Waals surface area contributed by atoms with Crippen LogP contribution in [0.25, 0.3) is 0 Å². The number of amides is 1. The molecule has 1 fully saturated rings. The van der Waals surface area contributed by atoms with E-state index in [0.29, 0.717) is 30.8 Å². The van der Waals surface area contributed by atoms with Crippen LogP contribution in [0.3, 0.4) is 0 Å². The number of hydrogen-bond acceptors (Lipinski definition) is 7. The fraction of sp³-hybridized carbons (Fsp3) is 0.688. The Kier molecular flexibility index (Phi) is 5.61. The average molecular weight is 335 g/mol. The monoisotopic (exact) mass is 335 g/mol. The third-order valence-electron chi connectivity index (χ3n) is 4.38. The second kappa shape index (κ2) is 7.31. The highest BCUT2D eigenvalue weighted by atomic mass is 16.1. The van der Waals surface area contributed by atoms with Crippen molar-refractivity contribution in [3.8, 4) is 0 Å². The summed E-state index contributed by atoms with van der Waals surface area (Å²) in [6, 6.07) is -0.0111. The minimum atomic E-state index is -0.580. The fourth-order valence-corrected chi connectivity index (χ4v) is 2.20. The van der Waals surface area contributed by atoms with Gasteiger partial charge in [-0.2, -0.15) is 4.98 Å². The van der Waals surface area contributed by atoms with Crippen LogP contribution >= 0.6 is 0 Å². The van der Waals surface area contributed by atoms with Crippen LogP contribution in [0.5, 0.6) is 0 Å². The van der Waals surface area contributed by atoms with Gasteiger partial charge >= 0.3 is 0 Å². The third-order valence-corrected chi connectivity index (χ3v) is 4.38. The smallest absolute Gasteiger partial charge is 0.254 e. The number of primary amides is 1. The Balaban J connectivity index is 2.04. The van der Waals surface area contributed by atoms with Gasteiger partial charge in [0.15, 0.2) is 0 Å². The van der Waals surface area contributed by atoms with Crippen LogP contribution in [0.2, 0.25) is 0 Å². The molecule has 134 valence electrons. The zero-order chi connectivity index (χ0) is 17.9. The summed E-state index contributed by atoms with van der Waals surface area (Å²) in [7, 11) is 0. The number of anilines is 2. The lowest BCUT2D eigenvalue weighted by Crippen LogP contribution is -2.41. The summed E-state index contributed by atoms with van der Waals surface area (Å²) in [6.07, 6.45) is 3.79. The van der Waals surface area contributed by atoms with Crippen molar-refractivity contribution >= 4 is 17.7 Å². The van der Waals surface area contributed by atoms with E-state index in [1.165, 1.54) is 19.0 Å². The number of hydrogen-bond donors (Lipinski definition) is 5. The lowest BCUT2D eigenvalue weighted by molar-refractivity contribution is 0.100. The number of aromatic nitrogens is 2. The van der Waals surface area contributed by atoms with Gasteiger partial charge in [0, 0.05) is 31.4 Å². The molecule has 1 aliphatic carbocycles. The van der Waals surface area contributed by atoms with Gasteiger partial charge in [-0.25, -0.2) is 4.98 Å². The highest BCUT2D eigenvalue weighted by molar-refractivity contribution is 5.97. The molecule has 24 heavy (non-hydrogen) atoms. The molecule has 1 aromatic heterocycles. The number of nitrogens with zero attached hydrogens (tertiary/aromatic N) is 2. The summed E-state index contributed by atoms with van der Waals surface area (Å²) in [5.74, 6) is 0.815. The van der Waals surface area contributed by atoms with E-state index >= 15 is 0 Å². The summed E-state index contributed by atoms with van der Waals surface area (Å²) in [4.78, 5) is 20.1. The van der Waals surface area contributed by atoms with Crippen molar-refractivity contribution in [3.05, 3.63) is 11.8 Å². The maximum atomic E-state index is 11.6. The molecule has 0 aromatic carbocycles. The third kappa shape index (κ3) is 5.04. The quantitative estimate of drug-likeness (QED) is 0.465. The topological polar surface area (TPSA) is 145 Å². The van der Waals surface area contributed by atoms with Crippen LogP contribution in [0.15, 0.2) is 6.20 Å². The maximum Gasteiger partial charge on any atom is 0.254 e. The Bertz CT molecular complexity index is 580. The Labute approximate surface area is 143 Å². The normalized spacial score (nSPS) is 17.2. The van der Waals surface area contributed by atoms with Crippen LogP contribution < -0.4 is 27.8 Å². The lowest BCUT2D eigenvalue weighted by Gasteiger charge is -2.27. The van der Waals surface area contributed by atoms with Crippen molar-refractivity contribution < 1.29 is 4.79 Å². The zero-order valence-corrected chi connectivity index (χ0v) is 14.7.